The molecule has 1 heterocycles. The second-order valence-electron chi connectivity index (χ2n) is 3.67. The van der Waals surface area contributed by atoms with Crippen molar-refractivity contribution in [2.75, 3.05) is 0 Å². The highest BCUT2D eigenvalue weighted by Gasteiger charge is 2.03. The number of rotatable bonds is 4. The van der Waals surface area contributed by atoms with Crippen LogP contribution in [-0.2, 0) is 13.2 Å². The number of ether oxygens (including phenoxy) is 1. The molecule has 0 aliphatic rings. The quantitative estimate of drug-likeness (QED) is 0.926. The van der Waals surface area contributed by atoms with Gasteiger partial charge in [0.2, 0.25) is 0 Å². The first-order chi connectivity index (χ1) is 8.69. The van der Waals surface area contributed by atoms with E-state index in [9.17, 15) is 4.39 Å². The van der Waals surface area contributed by atoms with Crippen LogP contribution in [0.1, 0.15) is 11.3 Å². The fraction of sp³-hybridized carbons (Fsp3) is 0.154. The van der Waals surface area contributed by atoms with Crippen LogP contribution < -0.4 is 4.74 Å². The van der Waals surface area contributed by atoms with Crippen molar-refractivity contribution in [1.82, 2.24) is 4.98 Å². The number of halogens is 2. The molecule has 0 radical (unpaired) electrons. The molecule has 1 aromatic heterocycles. The van der Waals surface area contributed by atoms with Crippen LogP contribution in [0.4, 0.5) is 4.39 Å². The van der Waals surface area contributed by atoms with Crippen molar-refractivity contribution in [2.45, 2.75) is 13.2 Å². The summed E-state index contributed by atoms with van der Waals surface area (Å²) < 4.78 is 18.3. The molecule has 0 saturated carbocycles. The zero-order valence-corrected chi connectivity index (χ0v) is 10.2. The first-order valence-corrected chi connectivity index (χ1v) is 5.69. The molecule has 0 aliphatic carbocycles. The van der Waals surface area contributed by atoms with E-state index < -0.39 is 0 Å². The SMILES string of the molecule is OCc1ccc(OCc2ccc(F)cc2Cl)cn1. The fourth-order valence-corrected chi connectivity index (χ4v) is 1.61. The Balaban J connectivity index is 2.02. The van der Waals surface area contributed by atoms with Crippen molar-refractivity contribution in [2.24, 2.45) is 0 Å². The zero-order valence-electron chi connectivity index (χ0n) is 9.44. The Hall–Kier alpha value is -1.65. The molecule has 2 rings (SSSR count). The van der Waals surface area contributed by atoms with Crippen LogP contribution >= 0.6 is 11.6 Å². The zero-order chi connectivity index (χ0) is 13.0. The van der Waals surface area contributed by atoms with Gasteiger partial charge in [0.1, 0.15) is 18.2 Å². The summed E-state index contributed by atoms with van der Waals surface area (Å²) in [6.45, 7) is 0.128. The van der Waals surface area contributed by atoms with E-state index in [1.165, 1.54) is 18.3 Å². The molecule has 0 bridgehead atoms. The predicted octanol–water partition coefficient (Wildman–Crippen LogP) is 2.95. The monoisotopic (exact) mass is 267 g/mol. The maximum Gasteiger partial charge on any atom is 0.138 e. The van der Waals surface area contributed by atoms with Crippen LogP contribution in [0.3, 0.4) is 0 Å². The number of hydrogen-bond acceptors (Lipinski definition) is 3. The minimum atomic E-state index is -0.377. The molecule has 94 valence electrons. The van der Waals surface area contributed by atoms with Gasteiger partial charge in [-0.15, -0.1) is 0 Å². The topological polar surface area (TPSA) is 42.4 Å². The summed E-state index contributed by atoms with van der Waals surface area (Å²) >= 11 is 5.87. The minimum absolute atomic E-state index is 0.107. The molecule has 18 heavy (non-hydrogen) atoms. The number of hydrogen-bond donors (Lipinski definition) is 1. The number of nitrogens with zero attached hydrogens (tertiary/aromatic N) is 1. The molecular weight excluding hydrogens is 257 g/mol. The average molecular weight is 268 g/mol. The Kier molecular flexibility index (Phi) is 4.12. The third-order valence-electron chi connectivity index (χ3n) is 2.37. The number of benzene rings is 1. The van der Waals surface area contributed by atoms with E-state index >= 15 is 0 Å². The molecule has 0 unspecified atom stereocenters. The van der Waals surface area contributed by atoms with E-state index in [0.29, 0.717) is 22.0 Å². The number of pyridine rings is 1. The number of aliphatic hydroxyl groups is 1. The van der Waals surface area contributed by atoms with Gasteiger partial charge in [-0.1, -0.05) is 17.7 Å². The van der Waals surface area contributed by atoms with Crippen molar-refractivity contribution in [3.63, 3.8) is 0 Å². The van der Waals surface area contributed by atoms with Gasteiger partial charge in [-0.2, -0.15) is 0 Å². The van der Waals surface area contributed by atoms with Crippen molar-refractivity contribution >= 4 is 11.6 Å². The van der Waals surface area contributed by atoms with Gasteiger partial charge in [0.25, 0.3) is 0 Å². The van der Waals surface area contributed by atoms with Crippen molar-refractivity contribution in [3.8, 4) is 5.75 Å². The molecule has 0 aliphatic heterocycles. The average Bonchev–Trinajstić information content (AvgIpc) is 2.38. The molecular formula is C13H11ClFNO2. The smallest absolute Gasteiger partial charge is 0.138 e. The maximum absolute atomic E-state index is 12.8. The summed E-state index contributed by atoms with van der Waals surface area (Å²) in [7, 11) is 0. The van der Waals surface area contributed by atoms with Crippen LogP contribution in [0, 0.1) is 5.82 Å². The minimum Gasteiger partial charge on any atom is -0.487 e. The van der Waals surface area contributed by atoms with Crippen LogP contribution in [0.2, 0.25) is 5.02 Å². The van der Waals surface area contributed by atoms with Gasteiger partial charge in [-0.3, -0.25) is 4.98 Å². The highest BCUT2D eigenvalue weighted by molar-refractivity contribution is 6.31. The molecule has 0 saturated heterocycles. The Morgan fingerprint density at radius 1 is 1.28 bits per heavy atom. The van der Waals surface area contributed by atoms with E-state index in [0.717, 1.165) is 0 Å². The third kappa shape index (κ3) is 3.18. The van der Waals surface area contributed by atoms with E-state index in [-0.39, 0.29) is 19.0 Å². The van der Waals surface area contributed by atoms with E-state index in [1.807, 2.05) is 0 Å². The lowest BCUT2D eigenvalue weighted by Gasteiger charge is -2.07. The highest BCUT2D eigenvalue weighted by atomic mass is 35.5. The van der Waals surface area contributed by atoms with E-state index in [1.54, 1.807) is 18.2 Å². The lowest BCUT2D eigenvalue weighted by molar-refractivity contribution is 0.275. The van der Waals surface area contributed by atoms with E-state index in [2.05, 4.69) is 4.98 Å². The van der Waals surface area contributed by atoms with Gasteiger partial charge in [-0.05, 0) is 24.3 Å². The molecule has 1 N–H and O–H groups in total. The van der Waals surface area contributed by atoms with Gasteiger partial charge >= 0.3 is 0 Å². The normalized spacial score (nSPS) is 10.4. The summed E-state index contributed by atoms with van der Waals surface area (Å²) in [6, 6.07) is 7.52. The Bertz CT molecular complexity index is 531. The molecule has 1 aromatic carbocycles. The summed E-state index contributed by atoms with van der Waals surface area (Å²) in [6.07, 6.45) is 1.52. The van der Waals surface area contributed by atoms with Gasteiger partial charge in [0.15, 0.2) is 0 Å². The van der Waals surface area contributed by atoms with Gasteiger partial charge in [0.05, 0.1) is 23.5 Å². The molecule has 0 atom stereocenters. The lowest BCUT2D eigenvalue weighted by Crippen LogP contribution is -1.98. The molecule has 0 spiro atoms. The van der Waals surface area contributed by atoms with Gasteiger partial charge < -0.3 is 9.84 Å². The largest absolute Gasteiger partial charge is 0.487 e. The van der Waals surface area contributed by atoms with Crippen LogP contribution in [0.25, 0.3) is 0 Å². The van der Waals surface area contributed by atoms with Crippen LogP contribution in [0.5, 0.6) is 5.75 Å². The van der Waals surface area contributed by atoms with Crippen molar-refractivity contribution < 1.29 is 14.2 Å². The second-order valence-corrected chi connectivity index (χ2v) is 4.07. The number of aliphatic hydroxyl groups excluding tert-OH is 1. The standard InChI is InChI=1S/C13H11ClFNO2/c14-13-5-10(15)2-1-9(13)8-18-12-4-3-11(7-17)16-6-12/h1-6,17H,7-8H2. The fourth-order valence-electron chi connectivity index (χ4n) is 1.39. The highest BCUT2D eigenvalue weighted by Crippen LogP contribution is 2.19. The molecule has 5 heteroatoms. The van der Waals surface area contributed by atoms with Crippen LogP contribution in [-0.4, -0.2) is 10.1 Å². The summed E-state index contributed by atoms with van der Waals surface area (Å²) in [5.41, 5.74) is 1.27. The van der Waals surface area contributed by atoms with Crippen LogP contribution in [0.15, 0.2) is 36.5 Å². The summed E-state index contributed by atoms with van der Waals surface area (Å²) in [5.74, 6) is 0.185. The first-order valence-electron chi connectivity index (χ1n) is 5.31. The Morgan fingerprint density at radius 3 is 2.72 bits per heavy atom. The predicted molar refractivity (Wildman–Crippen MR) is 65.9 cm³/mol. The van der Waals surface area contributed by atoms with Crippen molar-refractivity contribution in [1.29, 1.82) is 0 Å². The first kappa shape index (κ1) is 12.8. The molecule has 0 amide bonds. The van der Waals surface area contributed by atoms with Gasteiger partial charge in [-0.25, -0.2) is 4.39 Å². The van der Waals surface area contributed by atoms with E-state index in [4.69, 9.17) is 21.4 Å². The lowest BCUT2D eigenvalue weighted by atomic mass is 10.2. The molecule has 0 fully saturated rings. The summed E-state index contributed by atoms with van der Waals surface area (Å²) in [4.78, 5) is 3.98. The second kappa shape index (κ2) is 5.80. The Morgan fingerprint density at radius 2 is 2.11 bits per heavy atom. The molecule has 2 aromatic rings. The maximum atomic E-state index is 12.8. The Labute approximate surface area is 109 Å². The van der Waals surface area contributed by atoms with Gasteiger partial charge in [0, 0.05) is 5.56 Å². The van der Waals surface area contributed by atoms with Crippen molar-refractivity contribution in [3.05, 3.63) is 58.6 Å². The third-order valence-corrected chi connectivity index (χ3v) is 2.72. The number of aromatic nitrogens is 1. The molecule has 3 nitrogen and oxygen atoms in total. The summed E-state index contributed by atoms with van der Waals surface area (Å²) in [5, 5.41) is 9.17.